The molecule has 0 spiro atoms. The number of ether oxygens (including phenoxy) is 1. The quantitative estimate of drug-likeness (QED) is 0.657. The molecule has 25 heavy (non-hydrogen) atoms. The van der Waals surface area contributed by atoms with Crippen molar-refractivity contribution >= 4 is 40.2 Å². The molecule has 0 N–H and O–H groups in total. The van der Waals surface area contributed by atoms with E-state index in [0.717, 1.165) is 0 Å². The third-order valence-electron chi connectivity index (χ3n) is 3.82. The molecular formula is C18H17NO4S2. The van der Waals surface area contributed by atoms with Crippen molar-refractivity contribution in [3.05, 3.63) is 49.1 Å². The summed E-state index contributed by atoms with van der Waals surface area (Å²) >= 11 is 2.33. The molecule has 3 rings (SSSR count). The Labute approximate surface area is 153 Å². The number of esters is 1. The maximum atomic E-state index is 12.7. The third-order valence-corrected chi connectivity index (χ3v) is 6.19. The number of hydrogen-bond donors (Lipinski definition) is 0. The first-order chi connectivity index (χ1) is 11.9. The van der Waals surface area contributed by atoms with Crippen molar-refractivity contribution in [2.45, 2.75) is 26.8 Å². The lowest BCUT2D eigenvalue weighted by atomic mass is 9.93. The standard InChI is InChI=1S/C18H17NO4S2/c1-4-23-17(22)12(9(2)3)19-18-24-15-13(20)10-7-5-6-8-11(10)14(21)16(15)25-18/h5-9,12H,4H2,1-3H3. The van der Waals surface area contributed by atoms with Crippen LogP contribution in [0.2, 0.25) is 0 Å². The van der Waals surface area contributed by atoms with Gasteiger partial charge in [0, 0.05) is 11.1 Å². The Morgan fingerprint density at radius 2 is 1.60 bits per heavy atom. The number of carbonyl (C=O) groups is 3. The van der Waals surface area contributed by atoms with Crippen LogP contribution >= 0.6 is 22.7 Å². The number of fused-ring (bicyclic) bond motifs is 2. The second kappa shape index (κ2) is 7.01. The Balaban J connectivity index is 2.06. The van der Waals surface area contributed by atoms with Crippen molar-refractivity contribution in [2.75, 3.05) is 6.61 Å². The molecule has 1 aliphatic carbocycles. The van der Waals surface area contributed by atoms with Crippen molar-refractivity contribution in [3.63, 3.8) is 0 Å². The number of carbonyl (C=O) groups excluding carboxylic acids is 3. The molecule has 0 amide bonds. The topological polar surface area (TPSA) is 72.8 Å². The zero-order chi connectivity index (χ0) is 18.1. The molecule has 0 radical (unpaired) electrons. The largest absolute Gasteiger partial charge is 0.464 e. The fourth-order valence-corrected chi connectivity index (χ4v) is 4.95. The molecular weight excluding hydrogens is 358 g/mol. The van der Waals surface area contributed by atoms with Gasteiger partial charge in [-0.3, -0.25) is 9.59 Å². The molecule has 1 aliphatic rings. The summed E-state index contributed by atoms with van der Waals surface area (Å²) in [6, 6.07) is 6.16. The molecule has 0 saturated carbocycles. The van der Waals surface area contributed by atoms with Gasteiger partial charge in [0.15, 0.2) is 10.0 Å². The zero-order valence-corrected chi connectivity index (χ0v) is 15.7. The summed E-state index contributed by atoms with van der Waals surface area (Å²) in [5.41, 5.74) is 0.845. The monoisotopic (exact) mass is 375 g/mol. The van der Waals surface area contributed by atoms with E-state index in [1.165, 1.54) is 22.7 Å². The highest BCUT2D eigenvalue weighted by Gasteiger charge is 2.32. The Bertz CT molecular complexity index is 868. The van der Waals surface area contributed by atoms with Crippen LogP contribution in [-0.4, -0.2) is 30.2 Å². The van der Waals surface area contributed by atoms with Gasteiger partial charge >= 0.3 is 5.97 Å². The van der Waals surface area contributed by atoms with E-state index >= 15 is 0 Å². The molecule has 5 nitrogen and oxygen atoms in total. The van der Waals surface area contributed by atoms with Crippen molar-refractivity contribution in [2.24, 2.45) is 10.9 Å². The number of ketones is 2. The first-order valence-corrected chi connectivity index (χ1v) is 9.60. The molecule has 7 heteroatoms. The van der Waals surface area contributed by atoms with E-state index < -0.39 is 12.0 Å². The van der Waals surface area contributed by atoms with Gasteiger partial charge in [0.25, 0.3) is 0 Å². The number of benzene rings is 1. The summed E-state index contributed by atoms with van der Waals surface area (Å²) in [5.74, 6) is -0.763. The van der Waals surface area contributed by atoms with E-state index in [-0.39, 0.29) is 24.1 Å². The first kappa shape index (κ1) is 17.7. The van der Waals surface area contributed by atoms with E-state index in [0.29, 0.717) is 24.9 Å². The van der Waals surface area contributed by atoms with Crippen LogP contribution in [0.3, 0.4) is 0 Å². The smallest absolute Gasteiger partial charge is 0.331 e. The highest BCUT2D eigenvalue weighted by atomic mass is 32.2. The zero-order valence-electron chi connectivity index (χ0n) is 14.1. The van der Waals surface area contributed by atoms with Crippen LogP contribution in [0.5, 0.6) is 0 Å². The molecule has 2 aromatic rings. The molecule has 130 valence electrons. The summed E-state index contributed by atoms with van der Waals surface area (Å²) in [7, 11) is 0. The van der Waals surface area contributed by atoms with Crippen molar-refractivity contribution in [1.82, 2.24) is 0 Å². The van der Waals surface area contributed by atoms with Gasteiger partial charge < -0.3 is 4.74 Å². The lowest BCUT2D eigenvalue weighted by molar-refractivity contribution is -0.145. The van der Waals surface area contributed by atoms with E-state index in [1.807, 2.05) is 13.8 Å². The van der Waals surface area contributed by atoms with Gasteiger partial charge in [-0.15, -0.1) is 22.7 Å². The average Bonchev–Trinajstić information content (AvgIpc) is 3.02. The van der Waals surface area contributed by atoms with Crippen LogP contribution in [0.25, 0.3) is 0 Å². The molecule has 0 aliphatic heterocycles. The highest BCUT2D eigenvalue weighted by molar-refractivity contribution is 7.30. The Kier molecular flexibility index (Phi) is 4.96. The van der Waals surface area contributed by atoms with Gasteiger partial charge in [0.2, 0.25) is 11.6 Å². The number of nitrogens with zero attached hydrogens (tertiary/aromatic N) is 1. The van der Waals surface area contributed by atoms with E-state index in [4.69, 9.17) is 4.74 Å². The Morgan fingerprint density at radius 1 is 1.08 bits per heavy atom. The average molecular weight is 375 g/mol. The number of rotatable bonds is 4. The molecule has 0 saturated heterocycles. The predicted octanol–water partition coefficient (Wildman–Crippen LogP) is 3.07. The summed E-state index contributed by atoms with van der Waals surface area (Å²) in [5, 5.41) is 0. The lowest BCUT2D eigenvalue weighted by Gasteiger charge is -2.13. The van der Waals surface area contributed by atoms with E-state index in [2.05, 4.69) is 4.99 Å². The maximum absolute atomic E-state index is 12.7. The summed E-state index contributed by atoms with van der Waals surface area (Å²) in [4.78, 5) is 42.7. The van der Waals surface area contributed by atoms with E-state index in [9.17, 15) is 14.4 Å². The molecule has 0 bridgehead atoms. The summed E-state index contributed by atoms with van der Waals surface area (Å²) < 4.78 is 5.61. The van der Waals surface area contributed by atoms with Gasteiger partial charge in [-0.25, -0.2) is 9.79 Å². The predicted molar refractivity (Wildman–Crippen MR) is 96.3 cm³/mol. The number of hydrogen-bond acceptors (Lipinski definition) is 7. The maximum Gasteiger partial charge on any atom is 0.331 e. The van der Waals surface area contributed by atoms with Crippen LogP contribution in [0.4, 0.5) is 0 Å². The highest BCUT2D eigenvalue weighted by Crippen LogP contribution is 2.31. The van der Waals surface area contributed by atoms with Crippen molar-refractivity contribution in [1.29, 1.82) is 0 Å². The molecule has 1 atom stereocenters. The van der Waals surface area contributed by atoms with Crippen LogP contribution in [0.1, 0.15) is 51.2 Å². The first-order valence-electron chi connectivity index (χ1n) is 7.96. The summed E-state index contributed by atoms with van der Waals surface area (Å²) in [6.07, 6.45) is 0. The lowest BCUT2D eigenvalue weighted by Crippen LogP contribution is -2.28. The minimum atomic E-state index is -0.649. The minimum Gasteiger partial charge on any atom is -0.464 e. The fraction of sp³-hybridized carbons (Fsp3) is 0.333. The normalized spacial score (nSPS) is 14.1. The minimum absolute atomic E-state index is 0.0472. The van der Waals surface area contributed by atoms with Crippen LogP contribution < -0.4 is 3.98 Å². The van der Waals surface area contributed by atoms with Gasteiger partial charge in [0.05, 0.1) is 16.4 Å². The second-order valence-corrected chi connectivity index (χ2v) is 8.16. The van der Waals surface area contributed by atoms with Gasteiger partial charge in [-0.05, 0) is 12.8 Å². The third kappa shape index (κ3) is 3.21. The molecule has 1 unspecified atom stereocenters. The van der Waals surface area contributed by atoms with Crippen molar-refractivity contribution in [3.8, 4) is 0 Å². The fourth-order valence-electron chi connectivity index (χ4n) is 2.58. The molecule has 1 heterocycles. The molecule has 0 fully saturated rings. The molecule has 1 aromatic carbocycles. The van der Waals surface area contributed by atoms with E-state index in [1.54, 1.807) is 31.2 Å². The molecule has 1 aromatic heterocycles. The van der Waals surface area contributed by atoms with Crippen LogP contribution in [-0.2, 0) is 9.53 Å². The SMILES string of the molecule is CCOC(=O)C(N=c1sc2c(s1)C(=O)c1ccccc1C2=O)C(C)C. The van der Waals surface area contributed by atoms with Crippen LogP contribution in [0, 0.1) is 5.92 Å². The van der Waals surface area contributed by atoms with Gasteiger partial charge in [-0.1, -0.05) is 38.1 Å². The van der Waals surface area contributed by atoms with Gasteiger partial charge in [0.1, 0.15) is 0 Å². The van der Waals surface area contributed by atoms with Crippen LogP contribution in [0.15, 0.2) is 29.3 Å². The Hall–Kier alpha value is -2.12. The summed E-state index contributed by atoms with van der Waals surface area (Å²) in [6.45, 7) is 5.80. The Morgan fingerprint density at radius 3 is 2.04 bits per heavy atom. The van der Waals surface area contributed by atoms with Gasteiger partial charge in [-0.2, -0.15) is 0 Å². The second-order valence-electron chi connectivity index (χ2n) is 5.90. The van der Waals surface area contributed by atoms with Crippen molar-refractivity contribution < 1.29 is 19.1 Å².